The molecule has 80 valence electrons. The zero-order valence-corrected chi connectivity index (χ0v) is 9.24. The predicted molar refractivity (Wildman–Crippen MR) is 65.8 cm³/mol. The van der Waals surface area contributed by atoms with Gasteiger partial charge in [-0.15, -0.1) is 0 Å². The van der Waals surface area contributed by atoms with Crippen LogP contribution in [0.3, 0.4) is 0 Å². The van der Waals surface area contributed by atoms with Crippen molar-refractivity contribution in [1.82, 2.24) is 9.55 Å². The summed E-state index contributed by atoms with van der Waals surface area (Å²) in [7, 11) is 2.02. The lowest BCUT2D eigenvalue weighted by Crippen LogP contribution is -2.06. The summed E-state index contributed by atoms with van der Waals surface area (Å²) in [5.74, 6) is 0. The van der Waals surface area contributed by atoms with Gasteiger partial charge in [0.1, 0.15) is 0 Å². The molecule has 1 N–H and O–H groups in total. The molecular formula is C13H12N2O. The normalized spacial score (nSPS) is 11.4. The quantitative estimate of drug-likeness (QED) is 0.610. The van der Waals surface area contributed by atoms with Gasteiger partial charge in [-0.05, 0) is 13.0 Å². The van der Waals surface area contributed by atoms with Crippen molar-refractivity contribution in [3.05, 3.63) is 46.4 Å². The van der Waals surface area contributed by atoms with Gasteiger partial charge in [-0.2, -0.15) is 0 Å². The van der Waals surface area contributed by atoms with E-state index in [-0.39, 0.29) is 5.56 Å². The largest absolute Gasteiger partial charge is 0.342 e. The van der Waals surface area contributed by atoms with Gasteiger partial charge in [0.15, 0.2) is 0 Å². The van der Waals surface area contributed by atoms with Gasteiger partial charge in [0.05, 0.1) is 5.52 Å². The second-order valence-corrected chi connectivity index (χ2v) is 4.10. The summed E-state index contributed by atoms with van der Waals surface area (Å²) >= 11 is 0. The molecular weight excluding hydrogens is 200 g/mol. The molecule has 0 atom stereocenters. The lowest BCUT2D eigenvalue weighted by atomic mass is 10.2. The van der Waals surface area contributed by atoms with Crippen molar-refractivity contribution in [3.63, 3.8) is 0 Å². The standard InChI is InChI=1S/C13H12N2O/c1-8-13-10(7-12(16)14-8)9-5-3-4-6-11(9)15(13)2/h3-7H,1-2H3,(H,14,16). The number of nitrogens with zero attached hydrogens (tertiary/aromatic N) is 1. The fourth-order valence-corrected chi connectivity index (χ4v) is 2.43. The van der Waals surface area contributed by atoms with Crippen molar-refractivity contribution in [1.29, 1.82) is 0 Å². The molecule has 0 unspecified atom stereocenters. The minimum Gasteiger partial charge on any atom is -0.342 e. The van der Waals surface area contributed by atoms with E-state index in [2.05, 4.69) is 21.7 Å². The molecule has 1 aromatic carbocycles. The van der Waals surface area contributed by atoms with E-state index in [9.17, 15) is 4.79 Å². The van der Waals surface area contributed by atoms with E-state index in [4.69, 9.17) is 0 Å². The maximum absolute atomic E-state index is 11.5. The van der Waals surface area contributed by atoms with Crippen LogP contribution < -0.4 is 5.56 Å². The lowest BCUT2D eigenvalue weighted by Gasteiger charge is -2.00. The number of nitrogens with one attached hydrogen (secondary N) is 1. The maximum Gasteiger partial charge on any atom is 0.248 e. The predicted octanol–water partition coefficient (Wildman–Crippen LogP) is 2.33. The van der Waals surface area contributed by atoms with E-state index in [1.54, 1.807) is 6.07 Å². The highest BCUT2D eigenvalue weighted by Gasteiger charge is 2.10. The Labute approximate surface area is 92.3 Å². The number of aromatic nitrogens is 2. The third-order valence-corrected chi connectivity index (χ3v) is 3.09. The monoisotopic (exact) mass is 212 g/mol. The number of fused-ring (bicyclic) bond motifs is 3. The van der Waals surface area contributed by atoms with Crippen molar-refractivity contribution < 1.29 is 0 Å². The van der Waals surface area contributed by atoms with Crippen LogP contribution in [0, 0.1) is 6.92 Å². The molecule has 3 heteroatoms. The molecule has 0 aliphatic rings. The first kappa shape index (κ1) is 9.21. The Morgan fingerprint density at radius 3 is 2.75 bits per heavy atom. The molecule has 0 saturated heterocycles. The van der Waals surface area contributed by atoms with E-state index in [0.717, 1.165) is 27.5 Å². The van der Waals surface area contributed by atoms with Crippen LogP contribution in [0.2, 0.25) is 0 Å². The summed E-state index contributed by atoms with van der Waals surface area (Å²) in [5.41, 5.74) is 3.13. The summed E-state index contributed by atoms with van der Waals surface area (Å²) in [4.78, 5) is 14.3. The van der Waals surface area contributed by atoms with Crippen molar-refractivity contribution in [2.45, 2.75) is 6.92 Å². The first-order valence-electron chi connectivity index (χ1n) is 5.25. The number of aromatic amines is 1. The average Bonchev–Trinajstić information content (AvgIpc) is 2.54. The van der Waals surface area contributed by atoms with Crippen LogP contribution in [-0.2, 0) is 7.05 Å². The van der Waals surface area contributed by atoms with E-state index in [1.165, 1.54) is 0 Å². The van der Waals surface area contributed by atoms with Crippen LogP contribution in [0.25, 0.3) is 21.8 Å². The molecule has 3 nitrogen and oxygen atoms in total. The number of H-pyrrole nitrogens is 1. The molecule has 0 bridgehead atoms. The highest BCUT2D eigenvalue weighted by molar-refractivity contribution is 6.08. The molecule has 0 spiro atoms. The SMILES string of the molecule is Cc1[nH]c(=O)cc2c3ccccc3n(C)c12. The lowest BCUT2D eigenvalue weighted by molar-refractivity contribution is 0.993. The molecule has 0 amide bonds. The van der Waals surface area contributed by atoms with E-state index < -0.39 is 0 Å². The van der Waals surface area contributed by atoms with Crippen LogP contribution in [0.5, 0.6) is 0 Å². The number of hydrogen-bond donors (Lipinski definition) is 1. The number of rotatable bonds is 0. The van der Waals surface area contributed by atoms with Gasteiger partial charge in [-0.25, -0.2) is 0 Å². The first-order chi connectivity index (χ1) is 7.68. The summed E-state index contributed by atoms with van der Waals surface area (Å²) in [6.07, 6.45) is 0. The maximum atomic E-state index is 11.5. The van der Waals surface area contributed by atoms with Gasteiger partial charge in [0.2, 0.25) is 5.56 Å². The Morgan fingerprint density at radius 2 is 1.94 bits per heavy atom. The van der Waals surface area contributed by atoms with Crippen molar-refractivity contribution >= 4 is 21.8 Å². The Bertz CT molecular complexity index is 750. The van der Waals surface area contributed by atoms with E-state index in [1.807, 2.05) is 26.1 Å². The summed E-state index contributed by atoms with van der Waals surface area (Å²) in [5, 5.41) is 2.16. The minimum atomic E-state index is -0.0404. The van der Waals surface area contributed by atoms with Crippen molar-refractivity contribution in [2.75, 3.05) is 0 Å². The van der Waals surface area contributed by atoms with E-state index >= 15 is 0 Å². The highest BCUT2D eigenvalue weighted by Crippen LogP contribution is 2.27. The fraction of sp³-hybridized carbons (Fsp3) is 0.154. The van der Waals surface area contributed by atoms with Crippen LogP contribution in [-0.4, -0.2) is 9.55 Å². The van der Waals surface area contributed by atoms with Crippen LogP contribution >= 0.6 is 0 Å². The number of aryl methyl sites for hydroxylation is 2. The second-order valence-electron chi connectivity index (χ2n) is 4.10. The molecule has 0 radical (unpaired) electrons. The molecule has 2 aromatic heterocycles. The third kappa shape index (κ3) is 1.05. The third-order valence-electron chi connectivity index (χ3n) is 3.09. The van der Waals surface area contributed by atoms with Crippen LogP contribution in [0.4, 0.5) is 0 Å². The van der Waals surface area contributed by atoms with Gasteiger partial charge in [0.25, 0.3) is 0 Å². The molecule has 0 aliphatic heterocycles. The number of benzene rings is 1. The molecule has 0 aliphatic carbocycles. The zero-order chi connectivity index (χ0) is 11.3. The molecule has 3 rings (SSSR count). The summed E-state index contributed by atoms with van der Waals surface area (Å²) < 4.78 is 2.12. The number of pyridine rings is 1. The van der Waals surface area contributed by atoms with Gasteiger partial charge in [-0.3, -0.25) is 4.79 Å². The summed E-state index contributed by atoms with van der Waals surface area (Å²) in [6, 6.07) is 9.80. The fourth-order valence-electron chi connectivity index (χ4n) is 2.43. The van der Waals surface area contributed by atoms with Crippen molar-refractivity contribution in [3.8, 4) is 0 Å². The summed E-state index contributed by atoms with van der Waals surface area (Å²) in [6.45, 7) is 1.93. The number of para-hydroxylation sites is 1. The zero-order valence-electron chi connectivity index (χ0n) is 9.24. The van der Waals surface area contributed by atoms with E-state index in [0.29, 0.717) is 0 Å². The highest BCUT2D eigenvalue weighted by atomic mass is 16.1. The Morgan fingerprint density at radius 1 is 1.19 bits per heavy atom. The van der Waals surface area contributed by atoms with Gasteiger partial charge in [0, 0.05) is 35.1 Å². The van der Waals surface area contributed by atoms with Crippen molar-refractivity contribution in [2.24, 2.45) is 7.05 Å². The smallest absolute Gasteiger partial charge is 0.248 e. The average molecular weight is 212 g/mol. The second kappa shape index (κ2) is 2.98. The molecule has 3 aromatic rings. The van der Waals surface area contributed by atoms with Gasteiger partial charge < -0.3 is 9.55 Å². The van der Waals surface area contributed by atoms with Crippen LogP contribution in [0.1, 0.15) is 5.69 Å². The molecule has 0 saturated carbocycles. The van der Waals surface area contributed by atoms with Gasteiger partial charge in [-0.1, -0.05) is 18.2 Å². The Kier molecular flexibility index (Phi) is 1.72. The van der Waals surface area contributed by atoms with Crippen LogP contribution in [0.15, 0.2) is 35.1 Å². The molecule has 2 heterocycles. The van der Waals surface area contributed by atoms with Gasteiger partial charge >= 0.3 is 0 Å². The Balaban J connectivity index is 2.72. The minimum absolute atomic E-state index is 0.0404. The first-order valence-corrected chi connectivity index (χ1v) is 5.25. The topological polar surface area (TPSA) is 37.8 Å². The molecule has 0 fully saturated rings. The number of hydrogen-bond acceptors (Lipinski definition) is 1. The molecule has 16 heavy (non-hydrogen) atoms. The Hall–Kier alpha value is -2.03.